The van der Waals surface area contributed by atoms with Gasteiger partial charge in [0.05, 0.1) is 13.4 Å². The molecule has 0 bridgehead atoms. The van der Waals surface area contributed by atoms with Crippen molar-refractivity contribution >= 4 is 21.6 Å². The van der Waals surface area contributed by atoms with Crippen LogP contribution >= 0.6 is 11.6 Å². The Labute approximate surface area is 191 Å². The highest BCUT2D eigenvalue weighted by molar-refractivity contribution is 7.88. The van der Waals surface area contributed by atoms with E-state index in [-0.39, 0.29) is 18.6 Å². The Morgan fingerprint density at radius 3 is 2.32 bits per heavy atom. The lowest BCUT2D eigenvalue weighted by molar-refractivity contribution is 0.280. The Kier molecular flexibility index (Phi) is 9.24. The van der Waals surface area contributed by atoms with Crippen LogP contribution in [0.4, 0.5) is 0 Å². The van der Waals surface area contributed by atoms with Gasteiger partial charge in [-0.05, 0) is 61.2 Å². The summed E-state index contributed by atoms with van der Waals surface area (Å²) in [6, 6.07) is 12.8. The zero-order valence-corrected chi connectivity index (χ0v) is 20.3. The van der Waals surface area contributed by atoms with Gasteiger partial charge in [0.15, 0.2) is 11.5 Å². The third-order valence-corrected chi connectivity index (χ3v) is 6.69. The van der Waals surface area contributed by atoms with Crippen molar-refractivity contribution in [3.8, 4) is 23.3 Å². The SMILES string of the molecule is COc1cc(CCN([C@@H](C)C(C)C)S(C)(=O)=O)ccc1OCC#Cc1ccc(Cl)cc1. The van der Waals surface area contributed by atoms with Gasteiger partial charge in [-0.15, -0.1) is 0 Å². The van der Waals surface area contributed by atoms with E-state index in [1.54, 1.807) is 23.5 Å². The van der Waals surface area contributed by atoms with Crippen LogP contribution in [0.2, 0.25) is 5.02 Å². The van der Waals surface area contributed by atoms with Gasteiger partial charge in [0, 0.05) is 23.2 Å². The molecule has 0 amide bonds. The van der Waals surface area contributed by atoms with Crippen LogP contribution in [0.3, 0.4) is 0 Å². The second kappa shape index (κ2) is 11.4. The van der Waals surface area contributed by atoms with Crippen molar-refractivity contribution in [3.63, 3.8) is 0 Å². The minimum Gasteiger partial charge on any atom is -0.493 e. The Balaban J connectivity index is 2.03. The van der Waals surface area contributed by atoms with Gasteiger partial charge in [-0.25, -0.2) is 8.42 Å². The average Bonchev–Trinajstić information content (AvgIpc) is 2.72. The van der Waals surface area contributed by atoms with Crippen molar-refractivity contribution in [2.24, 2.45) is 5.92 Å². The fraction of sp³-hybridized carbons (Fsp3) is 0.417. The first kappa shape index (κ1) is 25.1. The Hall–Kier alpha value is -2.20. The first-order valence-electron chi connectivity index (χ1n) is 10.1. The summed E-state index contributed by atoms with van der Waals surface area (Å²) in [6.07, 6.45) is 1.84. The second-order valence-corrected chi connectivity index (χ2v) is 10.1. The molecule has 168 valence electrons. The van der Waals surface area contributed by atoms with Gasteiger partial charge in [0.1, 0.15) is 6.61 Å². The van der Waals surface area contributed by atoms with Crippen molar-refractivity contribution in [2.75, 3.05) is 26.5 Å². The third kappa shape index (κ3) is 7.77. The van der Waals surface area contributed by atoms with Gasteiger partial charge < -0.3 is 9.47 Å². The van der Waals surface area contributed by atoms with Gasteiger partial charge in [0.25, 0.3) is 0 Å². The molecule has 0 aliphatic rings. The highest BCUT2D eigenvalue weighted by Gasteiger charge is 2.25. The summed E-state index contributed by atoms with van der Waals surface area (Å²) >= 11 is 5.87. The second-order valence-electron chi connectivity index (χ2n) is 7.69. The van der Waals surface area contributed by atoms with Gasteiger partial charge in [-0.1, -0.05) is 43.4 Å². The van der Waals surface area contributed by atoms with Crippen LogP contribution in [0.15, 0.2) is 42.5 Å². The third-order valence-electron chi connectivity index (χ3n) is 5.07. The number of ether oxygens (including phenoxy) is 2. The fourth-order valence-corrected chi connectivity index (χ4v) is 4.41. The Morgan fingerprint density at radius 1 is 1.06 bits per heavy atom. The molecule has 5 nitrogen and oxygen atoms in total. The first-order chi connectivity index (χ1) is 14.6. The maximum atomic E-state index is 12.2. The van der Waals surface area contributed by atoms with Gasteiger partial charge in [-0.3, -0.25) is 0 Å². The Bertz CT molecular complexity index is 1020. The number of nitrogens with zero attached hydrogens (tertiary/aromatic N) is 1. The summed E-state index contributed by atoms with van der Waals surface area (Å²) in [7, 11) is -1.71. The molecule has 31 heavy (non-hydrogen) atoms. The van der Waals surface area contributed by atoms with Crippen LogP contribution in [-0.4, -0.2) is 45.3 Å². The monoisotopic (exact) mass is 463 g/mol. The molecule has 0 saturated heterocycles. The van der Waals surface area contributed by atoms with Crippen LogP contribution < -0.4 is 9.47 Å². The highest BCUT2D eigenvalue weighted by atomic mass is 35.5. The molecule has 0 fully saturated rings. The van der Waals surface area contributed by atoms with Gasteiger partial charge in [0.2, 0.25) is 10.0 Å². The van der Waals surface area contributed by atoms with Gasteiger partial charge >= 0.3 is 0 Å². The molecule has 0 unspecified atom stereocenters. The minimum atomic E-state index is -3.29. The van der Waals surface area contributed by atoms with E-state index in [0.717, 1.165) is 11.1 Å². The first-order valence-corrected chi connectivity index (χ1v) is 12.4. The lowest BCUT2D eigenvalue weighted by atomic mass is 10.1. The van der Waals surface area contributed by atoms with Crippen LogP contribution in [0, 0.1) is 17.8 Å². The number of benzene rings is 2. The van der Waals surface area contributed by atoms with Crippen LogP contribution in [0.5, 0.6) is 11.5 Å². The maximum Gasteiger partial charge on any atom is 0.211 e. The summed E-state index contributed by atoms with van der Waals surface area (Å²) in [6.45, 7) is 6.61. The predicted molar refractivity (Wildman–Crippen MR) is 126 cm³/mol. The molecule has 0 aliphatic heterocycles. The van der Waals surface area contributed by atoms with Crippen molar-refractivity contribution < 1.29 is 17.9 Å². The standard InChI is InChI=1S/C24H30ClNO4S/c1-18(2)19(3)26(31(5,27)28)15-14-21-10-13-23(24(17-21)29-4)30-16-6-7-20-8-11-22(25)12-9-20/h8-13,17-19H,14-16H2,1-5H3/t19-/m0/s1. The molecule has 0 aromatic heterocycles. The lowest BCUT2D eigenvalue weighted by Gasteiger charge is -2.29. The van der Waals surface area contributed by atoms with Gasteiger partial charge in [-0.2, -0.15) is 4.31 Å². The number of sulfonamides is 1. The van der Waals surface area contributed by atoms with Crippen molar-refractivity contribution in [1.29, 1.82) is 0 Å². The van der Waals surface area contributed by atoms with E-state index in [1.807, 2.05) is 51.1 Å². The summed E-state index contributed by atoms with van der Waals surface area (Å²) in [5, 5.41) is 0.671. The number of hydrogen-bond donors (Lipinski definition) is 0. The topological polar surface area (TPSA) is 55.8 Å². The molecule has 2 aromatic carbocycles. The molecule has 0 saturated carbocycles. The molecule has 2 aromatic rings. The maximum absolute atomic E-state index is 12.2. The summed E-state index contributed by atoms with van der Waals surface area (Å²) < 4.78 is 37.2. The molecule has 0 heterocycles. The van der Waals surface area contributed by atoms with E-state index >= 15 is 0 Å². The molecule has 0 N–H and O–H groups in total. The zero-order valence-electron chi connectivity index (χ0n) is 18.7. The minimum absolute atomic E-state index is 0.0706. The smallest absolute Gasteiger partial charge is 0.211 e. The predicted octanol–water partition coefficient (Wildman–Crippen LogP) is 4.63. The number of halogens is 1. The molecular weight excluding hydrogens is 434 g/mol. The van der Waals surface area contributed by atoms with Crippen molar-refractivity contribution in [1.82, 2.24) is 4.31 Å². The summed E-state index contributed by atoms with van der Waals surface area (Å²) in [5.41, 5.74) is 1.84. The zero-order chi connectivity index (χ0) is 23.0. The van der Waals surface area contributed by atoms with Crippen molar-refractivity contribution in [2.45, 2.75) is 33.2 Å². The summed E-state index contributed by atoms with van der Waals surface area (Å²) in [4.78, 5) is 0. The van der Waals surface area contributed by atoms with Crippen molar-refractivity contribution in [3.05, 3.63) is 58.6 Å². The van der Waals surface area contributed by atoms with E-state index in [1.165, 1.54) is 6.26 Å². The largest absolute Gasteiger partial charge is 0.493 e. The molecule has 0 aliphatic carbocycles. The van der Waals surface area contributed by atoms with Crippen LogP contribution in [0.25, 0.3) is 0 Å². The fourth-order valence-electron chi connectivity index (χ4n) is 3.02. The Morgan fingerprint density at radius 2 is 1.74 bits per heavy atom. The van der Waals surface area contributed by atoms with E-state index in [2.05, 4.69) is 11.8 Å². The normalized spacial score (nSPS) is 12.4. The van der Waals surface area contributed by atoms with E-state index in [0.29, 0.717) is 29.5 Å². The molecule has 7 heteroatoms. The van der Waals surface area contributed by atoms with E-state index < -0.39 is 10.0 Å². The number of hydrogen-bond acceptors (Lipinski definition) is 4. The average molecular weight is 464 g/mol. The lowest BCUT2D eigenvalue weighted by Crippen LogP contribution is -2.42. The quantitative estimate of drug-likeness (QED) is 0.509. The molecular formula is C24H30ClNO4S. The molecule has 2 rings (SSSR count). The van der Waals surface area contributed by atoms with E-state index in [9.17, 15) is 8.42 Å². The molecule has 0 radical (unpaired) electrons. The summed E-state index contributed by atoms with van der Waals surface area (Å²) in [5.74, 6) is 7.40. The van der Waals surface area contributed by atoms with Crippen LogP contribution in [-0.2, 0) is 16.4 Å². The van der Waals surface area contributed by atoms with Crippen LogP contribution in [0.1, 0.15) is 31.9 Å². The molecule has 0 spiro atoms. The van der Waals surface area contributed by atoms with E-state index in [4.69, 9.17) is 21.1 Å². The number of methoxy groups -OCH3 is 1. The molecule has 1 atom stereocenters. The highest BCUT2D eigenvalue weighted by Crippen LogP contribution is 2.28. The number of rotatable bonds is 9.